The van der Waals surface area contributed by atoms with Crippen molar-refractivity contribution in [2.75, 3.05) is 39.3 Å². The number of rotatable bonds is 5. The second kappa shape index (κ2) is 9.74. The number of piperidine rings is 1. The van der Waals surface area contributed by atoms with Crippen LogP contribution in [-0.4, -0.2) is 44.2 Å². The highest BCUT2D eigenvalue weighted by molar-refractivity contribution is 5.85. The topological polar surface area (TPSA) is 24.5 Å². The monoisotopic (exact) mass is 346 g/mol. The van der Waals surface area contributed by atoms with E-state index in [1.807, 2.05) is 0 Å². The van der Waals surface area contributed by atoms with E-state index in [1.165, 1.54) is 31.5 Å². The lowest BCUT2D eigenvalue weighted by atomic mass is 9.85. The fourth-order valence-corrected chi connectivity index (χ4v) is 3.47. The first kappa shape index (κ1) is 19.7. The van der Waals surface area contributed by atoms with Crippen LogP contribution in [0.4, 0.5) is 0 Å². The number of halogens is 2. The van der Waals surface area contributed by atoms with E-state index >= 15 is 0 Å². The summed E-state index contributed by atoms with van der Waals surface area (Å²) in [6.45, 7) is 6.56. The van der Waals surface area contributed by atoms with Crippen LogP contribution in [0.25, 0.3) is 0 Å². The van der Waals surface area contributed by atoms with Gasteiger partial charge < -0.3 is 15.0 Å². The first-order chi connectivity index (χ1) is 9.89. The SMILES string of the molecule is Cl.Cl.c1ccc(C2(OCCN3CCCC3)CCNCC2)cc1. The second-order valence-corrected chi connectivity index (χ2v) is 6.01. The van der Waals surface area contributed by atoms with Crippen molar-refractivity contribution in [3.63, 3.8) is 0 Å². The summed E-state index contributed by atoms with van der Waals surface area (Å²) in [7, 11) is 0. The van der Waals surface area contributed by atoms with Crippen LogP contribution in [0, 0.1) is 0 Å². The lowest BCUT2D eigenvalue weighted by molar-refractivity contribution is -0.0759. The summed E-state index contributed by atoms with van der Waals surface area (Å²) in [5, 5.41) is 3.45. The van der Waals surface area contributed by atoms with E-state index in [-0.39, 0.29) is 30.4 Å². The molecule has 2 aliphatic rings. The summed E-state index contributed by atoms with van der Waals surface area (Å²) < 4.78 is 6.44. The quantitative estimate of drug-likeness (QED) is 0.885. The smallest absolute Gasteiger partial charge is 0.0956 e. The number of ether oxygens (including phenoxy) is 1. The van der Waals surface area contributed by atoms with Crippen LogP contribution in [-0.2, 0) is 10.3 Å². The summed E-state index contributed by atoms with van der Waals surface area (Å²) >= 11 is 0. The van der Waals surface area contributed by atoms with Crippen molar-refractivity contribution in [1.82, 2.24) is 10.2 Å². The van der Waals surface area contributed by atoms with Crippen molar-refractivity contribution in [2.45, 2.75) is 31.3 Å². The van der Waals surface area contributed by atoms with Crippen LogP contribution in [0.3, 0.4) is 0 Å². The Labute approximate surface area is 146 Å². The molecule has 2 fully saturated rings. The van der Waals surface area contributed by atoms with Crippen LogP contribution >= 0.6 is 24.8 Å². The van der Waals surface area contributed by atoms with Gasteiger partial charge in [0.25, 0.3) is 0 Å². The molecule has 0 saturated carbocycles. The molecule has 0 spiro atoms. The van der Waals surface area contributed by atoms with Gasteiger partial charge in [0.05, 0.1) is 12.2 Å². The molecule has 2 aliphatic heterocycles. The Hall–Kier alpha value is -0.320. The molecule has 0 radical (unpaired) electrons. The minimum Gasteiger partial charge on any atom is -0.369 e. The molecule has 0 aliphatic carbocycles. The van der Waals surface area contributed by atoms with Crippen molar-refractivity contribution in [1.29, 1.82) is 0 Å². The van der Waals surface area contributed by atoms with Gasteiger partial charge in [-0.2, -0.15) is 0 Å². The average molecular weight is 347 g/mol. The Morgan fingerprint density at radius 3 is 2.27 bits per heavy atom. The number of nitrogens with zero attached hydrogens (tertiary/aromatic N) is 1. The Morgan fingerprint density at radius 1 is 1.00 bits per heavy atom. The van der Waals surface area contributed by atoms with Gasteiger partial charge in [-0.25, -0.2) is 0 Å². The number of nitrogens with one attached hydrogen (secondary N) is 1. The van der Waals surface area contributed by atoms with Crippen molar-refractivity contribution >= 4 is 24.8 Å². The summed E-state index contributed by atoms with van der Waals surface area (Å²) in [6.07, 6.45) is 4.87. The third-order valence-corrected chi connectivity index (χ3v) is 4.70. The molecule has 5 heteroatoms. The molecule has 1 aromatic rings. The number of hydrogen-bond donors (Lipinski definition) is 1. The van der Waals surface area contributed by atoms with Crippen LogP contribution < -0.4 is 5.32 Å². The summed E-state index contributed by atoms with van der Waals surface area (Å²) in [5.74, 6) is 0. The Balaban J connectivity index is 0.00000121. The maximum Gasteiger partial charge on any atom is 0.0956 e. The Kier molecular flexibility index (Phi) is 8.73. The van der Waals surface area contributed by atoms with E-state index in [0.717, 1.165) is 39.1 Å². The third-order valence-electron chi connectivity index (χ3n) is 4.70. The van der Waals surface area contributed by atoms with Crippen molar-refractivity contribution in [2.24, 2.45) is 0 Å². The highest BCUT2D eigenvalue weighted by atomic mass is 35.5. The number of hydrogen-bond acceptors (Lipinski definition) is 3. The predicted molar refractivity (Wildman–Crippen MR) is 96.3 cm³/mol. The maximum atomic E-state index is 6.44. The van der Waals surface area contributed by atoms with Crippen molar-refractivity contribution in [3.05, 3.63) is 35.9 Å². The Bertz CT molecular complexity index is 404. The summed E-state index contributed by atoms with van der Waals surface area (Å²) in [6, 6.07) is 10.8. The summed E-state index contributed by atoms with van der Waals surface area (Å²) in [4.78, 5) is 2.53. The van der Waals surface area contributed by atoms with Gasteiger partial charge in [0, 0.05) is 6.54 Å². The second-order valence-electron chi connectivity index (χ2n) is 6.01. The molecule has 0 aromatic heterocycles. The lowest BCUT2D eigenvalue weighted by Crippen LogP contribution is -2.43. The highest BCUT2D eigenvalue weighted by Crippen LogP contribution is 2.34. The molecule has 0 atom stereocenters. The number of likely N-dealkylation sites (tertiary alicyclic amines) is 1. The van der Waals surface area contributed by atoms with Gasteiger partial charge in [0.1, 0.15) is 0 Å². The number of benzene rings is 1. The maximum absolute atomic E-state index is 6.44. The molecule has 0 unspecified atom stereocenters. The first-order valence-electron chi connectivity index (χ1n) is 8.02. The molecule has 3 rings (SSSR count). The van der Waals surface area contributed by atoms with Crippen molar-refractivity contribution in [3.8, 4) is 0 Å². The van der Waals surface area contributed by atoms with Crippen molar-refractivity contribution < 1.29 is 4.74 Å². The molecule has 2 heterocycles. The zero-order valence-electron chi connectivity index (χ0n) is 13.1. The Morgan fingerprint density at radius 2 is 1.64 bits per heavy atom. The normalized spacial score (nSPS) is 20.9. The molecular formula is C17H28Cl2N2O. The zero-order valence-corrected chi connectivity index (χ0v) is 14.8. The van der Waals surface area contributed by atoms with E-state index in [2.05, 4.69) is 40.5 Å². The average Bonchev–Trinajstić information content (AvgIpc) is 3.02. The largest absolute Gasteiger partial charge is 0.369 e. The van der Waals surface area contributed by atoms with Gasteiger partial charge in [-0.05, 0) is 57.4 Å². The molecule has 3 nitrogen and oxygen atoms in total. The highest BCUT2D eigenvalue weighted by Gasteiger charge is 2.34. The van der Waals surface area contributed by atoms with Gasteiger partial charge in [-0.3, -0.25) is 0 Å². The first-order valence-corrected chi connectivity index (χ1v) is 8.02. The van der Waals surface area contributed by atoms with Crippen LogP contribution in [0.2, 0.25) is 0 Å². The predicted octanol–water partition coefficient (Wildman–Crippen LogP) is 3.22. The van der Waals surface area contributed by atoms with Gasteiger partial charge in [-0.1, -0.05) is 30.3 Å². The van der Waals surface area contributed by atoms with Crippen LogP contribution in [0.5, 0.6) is 0 Å². The third kappa shape index (κ3) is 4.84. The standard InChI is InChI=1S/C17H26N2O.2ClH/c1-2-6-16(7-3-1)17(8-10-18-11-9-17)20-15-14-19-12-4-5-13-19;;/h1-3,6-7,18H,4-5,8-15H2;2*1H. The van der Waals surface area contributed by atoms with Gasteiger partial charge in [-0.15, -0.1) is 24.8 Å². The molecule has 22 heavy (non-hydrogen) atoms. The molecule has 1 N–H and O–H groups in total. The van der Waals surface area contributed by atoms with Gasteiger partial charge in [0.2, 0.25) is 0 Å². The van der Waals surface area contributed by atoms with E-state index in [0.29, 0.717) is 0 Å². The van der Waals surface area contributed by atoms with Crippen LogP contribution in [0.1, 0.15) is 31.2 Å². The fraction of sp³-hybridized carbons (Fsp3) is 0.647. The molecule has 2 saturated heterocycles. The minimum atomic E-state index is -0.0633. The van der Waals surface area contributed by atoms with Crippen LogP contribution in [0.15, 0.2) is 30.3 Å². The van der Waals surface area contributed by atoms with E-state index < -0.39 is 0 Å². The molecular weight excluding hydrogens is 319 g/mol. The lowest BCUT2D eigenvalue weighted by Gasteiger charge is -2.38. The van der Waals surface area contributed by atoms with Gasteiger partial charge >= 0.3 is 0 Å². The molecule has 126 valence electrons. The fourth-order valence-electron chi connectivity index (χ4n) is 3.47. The van der Waals surface area contributed by atoms with Gasteiger partial charge in [0.15, 0.2) is 0 Å². The molecule has 1 aromatic carbocycles. The zero-order chi connectivity index (χ0) is 13.7. The molecule has 0 bridgehead atoms. The summed E-state index contributed by atoms with van der Waals surface area (Å²) in [5.41, 5.74) is 1.29. The van der Waals surface area contributed by atoms with E-state index in [9.17, 15) is 0 Å². The van der Waals surface area contributed by atoms with E-state index in [1.54, 1.807) is 0 Å². The minimum absolute atomic E-state index is 0. The molecule has 0 amide bonds. The van der Waals surface area contributed by atoms with E-state index in [4.69, 9.17) is 4.74 Å².